The average Bonchev–Trinajstić information content (AvgIpc) is 3.14. The minimum absolute atomic E-state index is 0.00370. The summed E-state index contributed by atoms with van der Waals surface area (Å²) in [5.74, 6) is 1.29. The van der Waals surface area contributed by atoms with Crippen LogP contribution in [0.1, 0.15) is 98.8 Å². The van der Waals surface area contributed by atoms with Crippen LogP contribution in [-0.2, 0) is 43.7 Å². The van der Waals surface area contributed by atoms with Crippen LogP contribution in [-0.4, -0.2) is 57.2 Å². The number of rotatable bonds is 11. The van der Waals surface area contributed by atoms with Crippen molar-refractivity contribution in [3.8, 4) is 0 Å². The van der Waals surface area contributed by atoms with E-state index in [0.29, 0.717) is 24.2 Å². The van der Waals surface area contributed by atoms with Crippen molar-refractivity contribution < 1.29 is 51.5 Å². The first-order valence-electron chi connectivity index (χ1n) is 15.1. The highest BCUT2D eigenvalue weighted by molar-refractivity contribution is 7.81. The van der Waals surface area contributed by atoms with Crippen LogP contribution in [0.25, 0.3) is 0 Å². The lowest BCUT2D eigenvalue weighted by atomic mass is 9.43. The largest absolute Gasteiger partial charge is 0.397 e. The second-order valence-corrected chi connectivity index (χ2v) is 17.5. The maximum atomic E-state index is 12.0. The molecule has 4 saturated carbocycles. The third-order valence-electron chi connectivity index (χ3n) is 11.6. The molecule has 0 aliphatic heterocycles. The van der Waals surface area contributed by atoms with E-state index in [1.807, 2.05) is 6.92 Å². The summed E-state index contributed by atoms with van der Waals surface area (Å²) in [6.45, 7) is 11.0. The Morgan fingerprint density at radius 2 is 1.24 bits per heavy atom. The van der Waals surface area contributed by atoms with Gasteiger partial charge < -0.3 is 0 Å². The molecule has 11 atom stereocenters. The molecule has 4 aliphatic rings. The Morgan fingerprint density at radius 1 is 0.690 bits per heavy atom. The first-order chi connectivity index (χ1) is 19.1. The fraction of sp³-hybridized carbons (Fsp3) is 1.00. The SMILES string of the molecule is CC(C)CCC[C@@H](C)[C@H]1CC[C@H]2[C@@H]3C[C@H](OS(=O)(=O)O)C4C[C@H](OS(=O)(=O)O)[C@@H](OS(=O)(=O)O)C[C@]4(C)[C@H]3CC[C@]12C. The van der Waals surface area contributed by atoms with Gasteiger partial charge in [-0.2, -0.15) is 25.3 Å². The van der Waals surface area contributed by atoms with Gasteiger partial charge in [0.1, 0.15) is 12.2 Å². The third-order valence-corrected chi connectivity index (χ3v) is 13.0. The molecule has 0 heterocycles. The quantitative estimate of drug-likeness (QED) is 0.255. The molecule has 0 aromatic rings. The van der Waals surface area contributed by atoms with Gasteiger partial charge in [-0.1, -0.05) is 53.9 Å². The van der Waals surface area contributed by atoms with E-state index in [9.17, 15) is 38.9 Å². The van der Waals surface area contributed by atoms with E-state index in [1.54, 1.807) is 0 Å². The van der Waals surface area contributed by atoms with E-state index in [4.69, 9.17) is 12.5 Å². The van der Waals surface area contributed by atoms with Gasteiger partial charge >= 0.3 is 31.2 Å². The van der Waals surface area contributed by atoms with Gasteiger partial charge in [-0.25, -0.2) is 12.5 Å². The predicted molar refractivity (Wildman–Crippen MR) is 153 cm³/mol. The summed E-state index contributed by atoms with van der Waals surface area (Å²) in [5, 5.41) is 0. The summed E-state index contributed by atoms with van der Waals surface area (Å²) in [7, 11) is -15.0. The summed E-state index contributed by atoms with van der Waals surface area (Å²) in [6, 6.07) is 0. The topological polar surface area (TPSA) is 191 Å². The summed E-state index contributed by atoms with van der Waals surface area (Å²) < 4.78 is 114. The monoisotopic (exact) mass is 660 g/mol. The van der Waals surface area contributed by atoms with Crippen LogP contribution in [0.4, 0.5) is 0 Å². The van der Waals surface area contributed by atoms with Crippen molar-refractivity contribution in [3.63, 3.8) is 0 Å². The number of fused-ring (bicyclic) bond motifs is 5. The molecule has 4 rings (SSSR count). The van der Waals surface area contributed by atoms with Gasteiger partial charge in [0.15, 0.2) is 0 Å². The molecule has 12 nitrogen and oxygen atoms in total. The molecule has 246 valence electrons. The van der Waals surface area contributed by atoms with E-state index in [1.165, 1.54) is 12.8 Å². The van der Waals surface area contributed by atoms with E-state index >= 15 is 0 Å². The fourth-order valence-corrected chi connectivity index (χ4v) is 11.6. The first-order valence-corrected chi connectivity index (χ1v) is 19.2. The molecular weight excluding hydrogens is 612 g/mol. The van der Waals surface area contributed by atoms with Gasteiger partial charge in [0.05, 0.1) is 6.10 Å². The predicted octanol–water partition coefficient (Wildman–Crippen LogP) is 4.89. The average molecular weight is 661 g/mol. The molecule has 0 radical (unpaired) electrons. The molecule has 0 aromatic carbocycles. The van der Waals surface area contributed by atoms with Gasteiger partial charge in [0.25, 0.3) is 0 Å². The van der Waals surface area contributed by atoms with E-state index in [-0.39, 0.29) is 36.0 Å². The summed E-state index contributed by atoms with van der Waals surface area (Å²) in [4.78, 5) is 0. The van der Waals surface area contributed by atoms with Gasteiger partial charge in [0.2, 0.25) is 0 Å². The van der Waals surface area contributed by atoms with Crippen LogP contribution in [0, 0.1) is 52.3 Å². The van der Waals surface area contributed by atoms with Crippen LogP contribution < -0.4 is 0 Å². The highest BCUT2D eigenvalue weighted by Crippen LogP contribution is 2.69. The van der Waals surface area contributed by atoms with Crippen LogP contribution in [0.15, 0.2) is 0 Å². The standard InChI is InChI=1S/C27H48O12S3/c1-16(2)7-6-8-17(3)19-9-10-20-18-13-23(37-40(28,29)30)22-14-24(38-41(31,32)33)25(39-42(34,35)36)15-27(22,5)21(18)11-12-26(19,20)4/h16-25H,6-15H2,1-5H3,(H,28,29,30)(H,31,32,33)(H,34,35,36)/t17-,18+,19-,20+,21+,22?,23+,24+,25+,26-,27-/m1/s1. The number of hydrogen-bond acceptors (Lipinski definition) is 9. The third kappa shape index (κ3) is 7.52. The van der Waals surface area contributed by atoms with Crippen molar-refractivity contribution >= 4 is 31.2 Å². The molecule has 0 spiro atoms. The van der Waals surface area contributed by atoms with Crippen molar-refractivity contribution in [2.24, 2.45) is 52.3 Å². The molecule has 4 fully saturated rings. The maximum Gasteiger partial charge on any atom is 0.397 e. The number of hydrogen-bond donors (Lipinski definition) is 3. The first kappa shape index (κ1) is 34.5. The Labute approximate surface area is 251 Å². The molecule has 3 N–H and O–H groups in total. The van der Waals surface area contributed by atoms with Crippen molar-refractivity contribution in [3.05, 3.63) is 0 Å². The van der Waals surface area contributed by atoms with Crippen LogP contribution in [0.3, 0.4) is 0 Å². The maximum absolute atomic E-state index is 12.0. The van der Waals surface area contributed by atoms with Crippen molar-refractivity contribution in [2.45, 2.75) is 117 Å². The summed E-state index contributed by atoms with van der Waals surface area (Å²) in [6.07, 6.45) is 3.24. The van der Waals surface area contributed by atoms with Crippen LogP contribution in [0.2, 0.25) is 0 Å². The minimum Gasteiger partial charge on any atom is -0.264 e. The van der Waals surface area contributed by atoms with Crippen LogP contribution >= 0.6 is 0 Å². The zero-order valence-corrected chi connectivity index (χ0v) is 27.5. The van der Waals surface area contributed by atoms with Crippen molar-refractivity contribution in [1.29, 1.82) is 0 Å². The van der Waals surface area contributed by atoms with Gasteiger partial charge in [0, 0.05) is 0 Å². The van der Waals surface area contributed by atoms with E-state index < -0.39 is 60.8 Å². The minimum atomic E-state index is -5.06. The van der Waals surface area contributed by atoms with Gasteiger partial charge in [-0.15, -0.1) is 0 Å². The Hall–Kier alpha value is -0.390. The van der Waals surface area contributed by atoms with Gasteiger partial charge in [-0.05, 0) is 97.2 Å². The molecule has 4 aliphatic carbocycles. The zero-order chi connectivity index (χ0) is 31.5. The lowest BCUT2D eigenvalue weighted by Gasteiger charge is -2.63. The van der Waals surface area contributed by atoms with Gasteiger partial charge in [-0.3, -0.25) is 13.7 Å². The molecule has 42 heavy (non-hydrogen) atoms. The fourth-order valence-electron chi connectivity index (χ4n) is 10.1. The lowest BCUT2D eigenvalue weighted by molar-refractivity contribution is -0.184. The Kier molecular flexibility index (Phi) is 9.92. The highest BCUT2D eigenvalue weighted by Gasteiger charge is 2.65. The van der Waals surface area contributed by atoms with E-state index in [2.05, 4.69) is 27.7 Å². The second kappa shape index (κ2) is 12.1. The molecular formula is C27H48O12S3. The molecule has 0 bridgehead atoms. The van der Waals surface area contributed by atoms with Crippen molar-refractivity contribution in [1.82, 2.24) is 0 Å². The zero-order valence-electron chi connectivity index (χ0n) is 25.1. The molecule has 1 unspecified atom stereocenters. The Morgan fingerprint density at radius 3 is 1.81 bits per heavy atom. The smallest absolute Gasteiger partial charge is 0.264 e. The highest BCUT2D eigenvalue weighted by atomic mass is 32.3. The van der Waals surface area contributed by atoms with Crippen molar-refractivity contribution in [2.75, 3.05) is 0 Å². The van der Waals surface area contributed by atoms with Crippen LogP contribution in [0.5, 0.6) is 0 Å². The normalized spacial score (nSPS) is 41.6. The molecule has 15 heteroatoms. The summed E-state index contributed by atoms with van der Waals surface area (Å²) >= 11 is 0. The molecule has 0 aromatic heterocycles. The lowest BCUT2D eigenvalue weighted by Crippen LogP contribution is -2.62. The summed E-state index contributed by atoms with van der Waals surface area (Å²) in [5.41, 5.74) is -0.783. The molecule has 0 amide bonds. The van der Waals surface area contributed by atoms with E-state index in [0.717, 1.165) is 32.1 Å². The Bertz CT molecular complexity index is 1300. The Balaban J connectivity index is 1.67. The second-order valence-electron chi connectivity index (χ2n) is 14.4. The molecule has 0 saturated heterocycles.